The topological polar surface area (TPSA) is 87.3 Å². The van der Waals surface area contributed by atoms with E-state index in [0.29, 0.717) is 34.7 Å². The molecule has 1 aliphatic carbocycles. The second kappa shape index (κ2) is 9.90. The number of ether oxygens (including phenoxy) is 1. The van der Waals surface area contributed by atoms with E-state index in [9.17, 15) is 10.1 Å². The lowest BCUT2D eigenvalue weighted by molar-refractivity contribution is 0.0939. The van der Waals surface area contributed by atoms with E-state index < -0.39 is 0 Å². The molecule has 188 valence electrons. The summed E-state index contributed by atoms with van der Waals surface area (Å²) in [4.78, 5) is 26.5. The number of hydrogen-bond donors (Lipinski definition) is 0. The van der Waals surface area contributed by atoms with Crippen LogP contribution in [-0.4, -0.2) is 50.7 Å². The van der Waals surface area contributed by atoms with E-state index in [4.69, 9.17) is 4.74 Å². The first-order valence-corrected chi connectivity index (χ1v) is 13.0. The summed E-state index contributed by atoms with van der Waals surface area (Å²) in [6, 6.07) is 14.9. The molecule has 8 heteroatoms. The Labute approximate surface area is 212 Å². The lowest BCUT2D eigenvalue weighted by Crippen LogP contribution is -2.58. The van der Waals surface area contributed by atoms with Gasteiger partial charge in [-0.2, -0.15) is 10.2 Å². The highest BCUT2D eigenvalue weighted by Crippen LogP contribution is 2.35. The number of nitrogens with zero attached hydrogens (tertiary/aromatic N) is 6. The third kappa shape index (κ3) is 4.56. The number of pyridine rings is 1. The maximum Gasteiger partial charge on any atom is 0.349 e. The molecule has 1 aliphatic heterocycles. The molecule has 0 N–H and O–H groups in total. The Balaban J connectivity index is 1.45. The Morgan fingerprint density at radius 2 is 1.86 bits per heavy atom. The third-order valence-electron chi connectivity index (χ3n) is 7.56. The Morgan fingerprint density at radius 1 is 1.11 bits per heavy atom. The number of benzene rings is 1. The molecule has 0 spiro atoms. The fourth-order valence-corrected chi connectivity index (χ4v) is 5.38. The van der Waals surface area contributed by atoms with Crippen LogP contribution >= 0.6 is 0 Å². The van der Waals surface area contributed by atoms with E-state index in [2.05, 4.69) is 70.9 Å². The van der Waals surface area contributed by atoms with E-state index in [1.54, 1.807) is 19.2 Å². The van der Waals surface area contributed by atoms with Gasteiger partial charge in [0.25, 0.3) is 0 Å². The highest BCUT2D eigenvalue weighted by molar-refractivity contribution is 5.86. The summed E-state index contributed by atoms with van der Waals surface area (Å²) in [5.41, 5.74) is 2.60. The summed E-state index contributed by atoms with van der Waals surface area (Å²) in [6.07, 6.45) is 4.69. The molecule has 3 atom stereocenters. The summed E-state index contributed by atoms with van der Waals surface area (Å²) in [6.45, 7) is 8.22. The first-order valence-electron chi connectivity index (χ1n) is 13.0. The molecule has 3 heterocycles. The van der Waals surface area contributed by atoms with Crippen LogP contribution in [0.5, 0.6) is 5.75 Å². The van der Waals surface area contributed by atoms with Gasteiger partial charge in [0.1, 0.15) is 23.0 Å². The quantitative estimate of drug-likeness (QED) is 0.495. The predicted octanol–water partition coefficient (Wildman–Crippen LogP) is 4.18. The van der Waals surface area contributed by atoms with Crippen molar-refractivity contribution < 1.29 is 4.74 Å². The van der Waals surface area contributed by atoms with Gasteiger partial charge in [0, 0.05) is 38.3 Å². The molecule has 2 aliphatic rings. The minimum absolute atomic E-state index is 0.120. The van der Waals surface area contributed by atoms with Gasteiger partial charge in [-0.25, -0.2) is 9.78 Å². The van der Waals surface area contributed by atoms with Crippen molar-refractivity contribution in [2.24, 2.45) is 7.05 Å². The number of hydrogen-bond acceptors (Lipinski definition) is 7. The molecule has 1 unspecified atom stereocenters. The molecule has 2 aromatic heterocycles. The average Bonchev–Trinajstić information content (AvgIpc) is 3.71. The van der Waals surface area contributed by atoms with Gasteiger partial charge in [0.15, 0.2) is 5.82 Å². The zero-order chi connectivity index (χ0) is 25.4. The second-order valence-corrected chi connectivity index (χ2v) is 10.0. The lowest BCUT2D eigenvalue weighted by atomic mass is 9.96. The zero-order valence-electron chi connectivity index (χ0n) is 21.5. The van der Waals surface area contributed by atoms with Crippen molar-refractivity contribution >= 4 is 16.9 Å². The van der Waals surface area contributed by atoms with Crippen molar-refractivity contribution in [1.82, 2.24) is 19.4 Å². The normalized spacial score (nSPS) is 21.4. The zero-order valence-corrected chi connectivity index (χ0v) is 21.5. The van der Waals surface area contributed by atoms with E-state index >= 15 is 0 Å². The van der Waals surface area contributed by atoms with Gasteiger partial charge in [-0.1, -0.05) is 26.0 Å². The number of rotatable bonds is 7. The van der Waals surface area contributed by atoms with E-state index in [-0.39, 0.29) is 17.8 Å². The minimum atomic E-state index is -0.313. The number of aryl methyl sites for hydroxylation is 1. The number of nitriles is 1. The van der Waals surface area contributed by atoms with Crippen LogP contribution in [-0.2, 0) is 7.05 Å². The maximum absolute atomic E-state index is 12.7. The van der Waals surface area contributed by atoms with Crippen molar-refractivity contribution in [3.8, 4) is 11.8 Å². The summed E-state index contributed by atoms with van der Waals surface area (Å²) < 4.78 is 7.45. The van der Waals surface area contributed by atoms with Gasteiger partial charge in [-0.3, -0.25) is 9.47 Å². The molecule has 36 heavy (non-hydrogen) atoms. The van der Waals surface area contributed by atoms with E-state index in [1.165, 1.54) is 10.1 Å². The van der Waals surface area contributed by atoms with Crippen LogP contribution in [0.4, 0.5) is 5.82 Å². The summed E-state index contributed by atoms with van der Waals surface area (Å²) in [7, 11) is 1.69. The number of fused-ring (bicyclic) bond motifs is 1. The maximum atomic E-state index is 12.7. The van der Waals surface area contributed by atoms with Gasteiger partial charge < -0.3 is 9.64 Å². The van der Waals surface area contributed by atoms with Gasteiger partial charge in [-0.05, 0) is 62.4 Å². The van der Waals surface area contributed by atoms with Crippen molar-refractivity contribution in [2.45, 2.75) is 70.7 Å². The first kappa shape index (κ1) is 24.3. The fourth-order valence-electron chi connectivity index (χ4n) is 5.38. The molecule has 0 amide bonds. The second-order valence-electron chi connectivity index (χ2n) is 10.0. The lowest BCUT2D eigenvalue weighted by Gasteiger charge is -2.49. The summed E-state index contributed by atoms with van der Waals surface area (Å²) in [5.74, 6) is 1.53. The molecule has 3 aromatic rings. The molecule has 0 bridgehead atoms. The first-order chi connectivity index (χ1) is 17.4. The SMILES string of the molecule is CCC(c1ccc(OC2CC2)cc1)N1C[C@H](C)N(c2nc(=O)n(C)c3ccc(C#N)nc23)C[C@H]1CC. The monoisotopic (exact) mass is 486 g/mol. The molecule has 8 nitrogen and oxygen atoms in total. The highest BCUT2D eigenvalue weighted by Gasteiger charge is 2.36. The highest BCUT2D eigenvalue weighted by atomic mass is 16.5. The van der Waals surface area contributed by atoms with Gasteiger partial charge in [-0.15, -0.1) is 0 Å². The third-order valence-corrected chi connectivity index (χ3v) is 7.56. The molecule has 1 saturated heterocycles. The van der Waals surface area contributed by atoms with Gasteiger partial charge in [0.2, 0.25) is 0 Å². The van der Waals surface area contributed by atoms with Crippen LogP contribution in [0.1, 0.15) is 63.8 Å². The molecule has 2 fully saturated rings. The molecule has 1 saturated carbocycles. The smallest absolute Gasteiger partial charge is 0.349 e. The molecular formula is C28H34N6O2. The Kier molecular flexibility index (Phi) is 6.67. The van der Waals surface area contributed by atoms with Crippen LogP contribution in [0.3, 0.4) is 0 Å². The Morgan fingerprint density at radius 3 is 2.50 bits per heavy atom. The van der Waals surface area contributed by atoms with Crippen molar-refractivity contribution in [2.75, 3.05) is 18.0 Å². The largest absolute Gasteiger partial charge is 0.490 e. The van der Waals surface area contributed by atoms with Crippen molar-refractivity contribution in [1.29, 1.82) is 5.26 Å². The van der Waals surface area contributed by atoms with Crippen LogP contribution in [0, 0.1) is 11.3 Å². The van der Waals surface area contributed by atoms with Crippen molar-refractivity contribution in [3.05, 3.63) is 58.1 Å². The Bertz CT molecular complexity index is 1340. The fraction of sp³-hybridized carbons (Fsp3) is 0.500. The molecule has 0 radical (unpaired) electrons. The molecule has 1 aromatic carbocycles. The molecular weight excluding hydrogens is 452 g/mol. The standard InChI is InChI=1S/C28H34N6O2/c1-5-21-17-33(27-26-25(32(4)28(35)31-27)14-9-20(15-29)30-26)18(3)16-34(21)24(6-2)19-7-10-22(11-8-19)36-23-12-13-23/h7-11,14,18,21,23-24H,5-6,12-13,16-17H2,1-4H3/t18-,21+,24?/m0/s1. The van der Waals surface area contributed by atoms with Crippen LogP contribution in [0.25, 0.3) is 11.0 Å². The van der Waals surface area contributed by atoms with E-state index in [1.807, 2.05) is 0 Å². The molecule has 5 rings (SSSR count). The van der Waals surface area contributed by atoms with Crippen LogP contribution in [0.15, 0.2) is 41.2 Å². The van der Waals surface area contributed by atoms with E-state index in [0.717, 1.165) is 44.5 Å². The Hall–Kier alpha value is -3.44. The van der Waals surface area contributed by atoms with Crippen LogP contribution in [0.2, 0.25) is 0 Å². The van der Waals surface area contributed by atoms with Gasteiger partial charge in [0.05, 0.1) is 11.6 Å². The summed E-state index contributed by atoms with van der Waals surface area (Å²) in [5, 5.41) is 9.42. The van der Waals surface area contributed by atoms with Gasteiger partial charge >= 0.3 is 5.69 Å². The average molecular weight is 487 g/mol. The minimum Gasteiger partial charge on any atom is -0.490 e. The summed E-state index contributed by atoms with van der Waals surface area (Å²) >= 11 is 0. The van der Waals surface area contributed by atoms with Crippen LogP contribution < -0.4 is 15.3 Å². The van der Waals surface area contributed by atoms with Crippen molar-refractivity contribution in [3.63, 3.8) is 0 Å². The predicted molar refractivity (Wildman–Crippen MR) is 140 cm³/mol. The number of aromatic nitrogens is 3. The number of piperazine rings is 1. The number of anilines is 1.